The highest BCUT2D eigenvalue weighted by molar-refractivity contribution is 6.31. The molecule has 0 saturated carbocycles. The largest absolute Gasteiger partial charge is 0.488 e. The summed E-state index contributed by atoms with van der Waals surface area (Å²) < 4.78 is 28.5. The van der Waals surface area contributed by atoms with E-state index >= 15 is 0 Å². The average Bonchev–Trinajstić information content (AvgIpc) is 2.14. The third kappa shape index (κ3) is 4.51. The van der Waals surface area contributed by atoms with Crippen molar-refractivity contribution in [2.24, 2.45) is 5.73 Å². The standard InChI is InChI=1S/C10H12ClF2NO.ClH/c1-6(14)8-3-2-7(4-9(8)11)15-5-10(12)13;/h2-4,6,10H,5,14H2,1H3;1H. The van der Waals surface area contributed by atoms with E-state index in [1.807, 2.05) is 0 Å². The Morgan fingerprint density at radius 1 is 1.44 bits per heavy atom. The highest BCUT2D eigenvalue weighted by atomic mass is 35.5. The fourth-order valence-electron chi connectivity index (χ4n) is 1.13. The van der Waals surface area contributed by atoms with Crippen LogP contribution in [0.3, 0.4) is 0 Å². The van der Waals surface area contributed by atoms with Crippen LogP contribution in [0.2, 0.25) is 5.02 Å². The number of alkyl halides is 2. The minimum Gasteiger partial charge on any atom is -0.488 e. The molecule has 0 radical (unpaired) electrons. The van der Waals surface area contributed by atoms with E-state index in [1.165, 1.54) is 6.07 Å². The van der Waals surface area contributed by atoms with Gasteiger partial charge in [-0.2, -0.15) is 0 Å². The predicted molar refractivity (Wildman–Crippen MR) is 62.8 cm³/mol. The molecule has 16 heavy (non-hydrogen) atoms. The topological polar surface area (TPSA) is 35.2 Å². The molecule has 1 unspecified atom stereocenters. The van der Waals surface area contributed by atoms with Crippen molar-refractivity contribution in [3.8, 4) is 5.75 Å². The molecule has 0 heterocycles. The third-order valence-electron chi connectivity index (χ3n) is 1.84. The van der Waals surface area contributed by atoms with Crippen LogP contribution in [0, 0.1) is 0 Å². The van der Waals surface area contributed by atoms with Crippen molar-refractivity contribution in [1.29, 1.82) is 0 Å². The molecular weight excluding hydrogens is 259 g/mol. The normalized spacial score (nSPS) is 12.1. The van der Waals surface area contributed by atoms with Crippen LogP contribution in [0.5, 0.6) is 5.75 Å². The SMILES string of the molecule is CC(N)c1ccc(OCC(F)F)cc1Cl.Cl. The van der Waals surface area contributed by atoms with Crippen LogP contribution >= 0.6 is 24.0 Å². The zero-order chi connectivity index (χ0) is 11.4. The average molecular weight is 272 g/mol. The van der Waals surface area contributed by atoms with Crippen LogP contribution in [0.15, 0.2) is 18.2 Å². The van der Waals surface area contributed by atoms with E-state index in [1.54, 1.807) is 19.1 Å². The number of rotatable bonds is 4. The van der Waals surface area contributed by atoms with Gasteiger partial charge in [-0.25, -0.2) is 8.78 Å². The monoisotopic (exact) mass is 271 g/mol. The van der Waals surface area contributed by atoms with Crippen molar-refractivity contribution in [2.45, 2.75) is 19.4 Å². The number of benzene rings is 1. The Bertz CT molecular complexity index is 335. The molecule has 1 atom stereocenters. The van der Waals surface area contributed by atoms with Gasteiger partial charge in [0.15, 0.2) is 0 Å². The minimum atomic E-state index is -2.49. The zero-order valence-corrected chi connectivity index (χ0v) is 10.2. The van der Waals surface area contributed by atoms with Crippen LogP contribution < -0.4 is 10.5 Å². The fourth-order valence-corrected chi connectivity index (χ4v) is 1.47. The lowest BCUT2D eigenvalue weighted by Gasteiger charge is -2.10. The molecule has 0 aromatic heterocycles. The second kappa shape index (κ2) is 6.89. The van der Waals surface area contributed by atoms with E-state index in [9.17, 15) is 8.78 Å². The fraction of sp³-hybridized carbons (Fsp3) is 0.400. The number of hydrogen-bond donors (Lipinski definition) is 1. The van der Waals surface area contributed by atoms with E-state index in [0.717, 1.165) is 5.56 Å². The van der Waals surface area contributed by atoms with Crippen molar-refractivity contribution < 1.29 is 13.5 Å². The highest BCUT2D eigenvalue weighted by Gasteiger charge is 2.08. The lowest BCUT2D eigenvalue weighted by atomic mass is 10.1. The van der Waals surface area contributed by atoms with Crippen LogP contribution in [-0.4, -0.2) is 13.0 Å². The summed E-state index contributed by atoms with van der Waals surface area (Å²) in [5.74, 6) is 0.324. The summed E-state index contributed by atoms with van der Waals surface area (Å²) in [5, 5.41) is 0.428. The molecule has 0 bridgehead atoms. The van der Waals surface area contributed by atoms with Gasteiger partial charge >= 0.3 is 0 Å². The number of hydrogen-bond acceptors (Lipinski definition) is 2. The van der Waals surface area contributed by atoms with Gasteiger partial charge in [-0.3, -0.25) is 0 Å². The van der Waals surface area contributed by atoms with Crippen molar-refractivity contribution in [3.63, 3.8) is 0 Å². The molecule has 1 rings (SSSR count). The van der Waals surface area contributed by atoms with Gasteiger partial charge in [0.1, 0.15) is 12.4 Å². The first-order chi connectivity index (χ1) is 7.00. The highest BCUT2D eigenvalue weighted by Crippen LogP contribution is 2.26. The number of halogens is 4. The molecule has 0 spiro atoms. The zero-order valence-electron chi connectivity index (χ0n) is 8.62. The van der Waals surface area contributed by atoms with Crippen molar-refractivity contribution in [3.05, 3.63) is 28.8 Å². The predicted octanol–water partition coefficient (Wildman–Crippen LogP) is 3.43. The molecule has 0 amide bonds. The maximum absolute atomic E-state index is 11.9. The van der Waals surface area contributed by atoms with Crippen LogP contribution in [0.1, 0.15) is 18.5 Å². The van der Waals surface area contributed by atoms with Gasteiger partial charge < -0.3 is 10.5 Å². The minimum absolute atomic E-state index is 0. The summed E-state index contributed by atoms with van der Waals surface area (Å²) in [5.41, 5.74) is 6.41. The Morgan fingerprint density at radius 3 is 2.50 bits per heavy atom. The van der Waals surface area contributed by atoms with Crippen molar-refractivity contribution >= 4 is 24.0 Å². The quantitative estimate of drug-likeness (QED) is 0.911. The summed E-state index contributed by atoms with van der Waals surface area (Å²) >= 11 is 5.89. The van der Waals surface area contributed by atoms with Crippen molar-refractivity contribution in [1.82, 2.24) is 0 Å². The van der Waals surface area contributed by atoms with E-state index in [2.05, 4.69) is 0 Å². The Kier molecular flexibility index (Phi) is 6.64. The molecular formula is C10H13Cl2F2NO. The van der Waals surface area contributed by atoms with Gasteiger partial charge in [-0.15, -0.1) is 12.4 Å². The lowest BCUT2D eigenvalue weighted by Crippen LogP contribution is -2.08. The van der Waals surface area contributed by atoms with Gasteiger partial charge in [0.25, 0.3) is 6.43 Å². The molecule has 92 valence electrons. The molecule has 1 aromatic rings. The molecule has 2 N–H and O–H groups in total. The van der Waals surface area contributed by atoms with E-state index in [4.69, 9.17) is 22.1 Å². The second-order valence-electron chi connectivity index (χ2n) is 3.17. The molecule has 0 fully saturated rings. The molecule has 0 aliphatic heterocycles. The smallest absolute Gasteiger partial charge is 0.272 e. The third-order valence-corrected chi connectivity index (χ3v) is 2.17. The van der Waals surface area contributed by atoms with Crippen LogP contribution in [0.25, 0.3) is 0 Å². The molecule has 0 aliphatic carbocycles. The molecule has 2 nitrogen and oxygen atoms in total. The van der Waals surface area contributed by atoms with Gasteiger partial charge in [0.05, 0.1) is 0 Å². The summed E-state index contributed by atoms with van der Waals surface area (Å²) in [6, 6.07) is 4.55. The number of nitrogens with two attached hydrogens (primary N) is 1. The molecule has 1 aromatic carbocycles. The van der Waals surface area contributed by atoms with E-state index in [-0.39, 0.29) is 18.4 Å². The van der Waals surface area contributed by atoms with Gasteiger partial charge in [0, 0.05) is 11.1 Å². The summed E-state index contributed by atoms with van der Waals surface area (Å²) in [7, 11) is 0. The maximum atomic E-state index is 11.9. The van der Waals surface area contributed by atoms with Gasteiger partial charge in [-0.1, -0.05) is 17.7 Å². The first-order valence-electron chi connectivity index (χ1n) is 4.46. The van der Waals surface area contributed by atoms with Crippen LogP contribution in [0.4, 0.5) is 8.78 Å². The Balaban J connectivity index is 0.00000225. The molecule has 6 heteroatoms. The second-order valence-corrected chi connectivity index (χ2v) is 3.58. The first kappa shape index (κ1) is 15.4. The Labute approximate surface area is 104 Å². The first-order valence-corrected chi connectivity index (χ1v) is 4.84. The Morgan fingerprint density at radius 2 is 2.06 bits per heavy atom. The summed E-state index contributed by atoms with van der Waals surface area (Å²) in [6.07, 6.45) is -2.49. The van der Waals surface area contributed by atoms with E-state index < -0.39 is 13.0 Å². The van der Waals surface area contributed by atoms with Crippen molar-refractivity contribution in [2.75, 3.05) is 6.61 Å². The maximum Gasteiger partial charge on any atom is 0.272 e. The summed E-state index contributed by atoms with van der Waals surface area (Å²) in [4.78, 5) is 0. The molecule has 0 saturated heterocycles. The molecule has 0 aliphatic rings. The van der Waals surface area contributed by atoms with Crippen LogP contribution in [-0.2, 0) is 0 Å². The Hall–Kier alpha value is -0.580. The van der Waals surface area contributed by atoms with Gasteiger partial charge in [-0.05, 0) is 24.6 Å². The lowest BCUT2D eigenvalue weighted by molar-refractivity contribution is 0.0819. The summed E-state index contributed by atoms with van der Waals surface area (Å²) in [6.45, 7) is 1.16. The number of ether oxygens (including phenoxy) is 1. The van der Waals surface area contributed by atoms with Gasteiger partial charge in [0.2, 0.25) is 0 Å². The van der Waals surface area contributed by atoms with E-state index in [0.29, 0.717) is 10.8 Å².